The quantitative estimate of drug-likeness (QED) is 0.479. The second kappa shape index (κ2) is 12.8. The molecule has 168 valence electrons. The van der Waals surface area contributed by atoms with Crippen molar-refractivity contribution in [3.05, 3.63) is 63.6 Å². The standard InChI is InChI=1S/C23H28Cl2N2O3S/c1-4-11-26-23(29)16(2)27(13-18-7-10-20(24)21(25)12-18)22(28)15-31-14-17-5-8-19(30-3)9-6-17/h5-10,12,16H,4,11,13-15H2,1-3H3,(H,26,29)/t16-/m1/s1. The van der Waals surface area contributed by atoms with E-state index in [0.29, 0.717) is 22.3 Å². The highest BCUT2D eigenvalue weighted by Crippen LogP contribution is 2.24. The Bertz CT molecular complexity index is 878. The van der Waals surface area contributed by atoms with Gasteiger partial charge < -0.3 is 15.0 Å². The number of nitrogens with one attached hydrogen (secondary N) is 1. The smallest absolute Gasteiger partial charge is 0.242 e. The van der Waals surface area contributed by atoms with Crippen molar-refractivity contribution < 1.29 is 14.3 Å². The van der Waals surface area contributed by atoms with E-state index in [9.17, 15) is 9.59 Å². The van der Waals surface area contributed by atoms with Gasteiger partial charge in [-0.15, -0.1) is 11.8 Å². The maximum Gasteiger partial charge on any atom is 0.242 e. The van der Waals surface area contributed by atoms with Crippen molar-refractivity contribution in [2.75, 3.05) is 19.4 Å². The van der Waals surface area contributed by atoms with Crippen LogP contribution in [0.3, 0.4) is 0 Å². The van der Waals surface area contributed by atoms with Crippen molar-refractivity contribution in [2.45, 2.75) is 38.6 Å². The van der Waals surface area contributed by atoms with E-state index in [0.717, 1.165) is 23.3 Å². The number of amides is 2. The lowest BCUT2D eigenvalue weighted by Crippen LogP contribution is -2.48. The van der Waals surface area contributed by atoms with Crippen molar-refractivity contribution in [1.82, 2.24) is 10.2 Å². The largest absolute Gasteiger partial charge is 0.497 e. The van der Waals surface area contributed by atoms with Crippen LogP contribution in [0, 0.1) is 0 Å². The van der Waals surface area contributed by atoms with Crippen molar-refractivity contribution in [3.8, 4) is 5.75 Å². The summed E-state index contributed by atoms with van der Waals surface area (Å²) in [6.45, 7) is 4.58. The van der Waals surface area contributed by atoms with Gasteiger partial charge in [-0.2, -0.15) is 0 Å². The summed E-state index contributed by atoms with van der Waals surface area (Å²) in [5.74, 6) is 1.47. The second-order valence-corrected chi connectivity index (χ2v) is 8.88. The van der Waals surface area contributed by atoms with E-state index in [1.54, 1.807) is 31.1 Å². The highest BCUT2D eigenvalue weighted by atomic mass is 35.5. The number of ether oxygens (including phenoxy) is 1. The SMILES string of the molecule is CCCNC(=O)[C@@H](C)N(Cc1ccc(Cl)c(Cl)c1)C(=O)CSCc1ccc(OC)cc1. The molecular weight excluding hydrogens is 455 g/mol. The first-order valence-corrected chi connectivity index (χ1v) is 12.0. The molecule has 2 aromatic carbocycles. The van der Waals surface area contributed by atoms with Crippen LogP contribution >= 0.6 is 35.0 Å². The average Bonchev–Trinajstić information content (AvgIpc) is 2.78. The van der Waals surface area contributed by atoms with Gasteiger partial charge in [0.1, 0.15) is 11.8 Å². The average molecular weight is 483 g/mol. The number of hydrogen-bond donors (Lipinski definition) is 1. The Labute approximate surface area is 198 Å². The molecule has 5 nitrogen and oxygen atoms in total. The lowest BCUT2D eigenvalue weighted by molar-refractivity contribution is -0.138. The number of carbonyl (C=O) groups excluding carboxylic acids is 2. The molecule has 1 N–H and O–H groups in total. The summed E-state index contributed by atoms with van der Waals surface area (Å²) in [6.07, 6.45) is 0.830. The summed E-state index contributed by atoms with van der Waals surface area (Å²) in [5.41, 5.74) is 1.92. The van der Waals surface area contributed by atoms with Crippen LogP contribution < -0.4 is 10.1 Å². The van der Waals surface area contributed by atoms with Crippen molar-refractivity contribution >= 4 is 46.8 Å². The number of halogens is 2. The first kappa shape index (κ1) is 25.4. The van der Waals surface area contributed by atoms with Crippen LogP contribution in [0.25, 0.3) is 0 Å². The predicted molar refractivity (Wildman–Crippen MR) is 129 cm³/mol. The number of hydrogen-bond acceptors (Lipinski definition) is 4. The van der Waals surface area contributed by atoms with Gasteiger partial charge in [0.2, 0.25) is 11.8 Å². The van der Waals surface area contributed by atoms with Crippen LogP contribution in [0.5, 0.6) is 5.75 Å². The highest BCUT2D eigenvalue weighted by molar-refractivity contribution is 7.99. The third-order valence-electron chi connectivity index (χ3n) is 4.71. The molecule has 0 bridgehead atoms. The first-order chi connectivity index (χ1) is 14.8. The molecule has 0 aliphatic heterocycles. The Balaban J connectivity index is 2.06. The third-order valence-corrected chi connectivity index (χ3v) is 6.43. The van der Waals surface area contributed by atoms with E-state index in [1.165, 1.54) is 11.8 Å². The predicted octanol–water partition coefficient (Wildman–Crippen LogP) is 5.18. The van der Waals surface area contributed by atoms with Crippen LogP contribution in [0.1, 0.15) is 31.4 Å². The van der Waals surface area contributed by atoms with Gasteiger partial charge >= 0.3 is 0 Å². The van der Waals surface area contributed by atoms with E-state index in [-0.39, 0.29) is 24.1 Å². The number of methoxy groups -OCH3 is 1. The molecule has 0 unspecified atom stereocenters. The summed E-state index contributed by atoms with van der Waals surface area (Å²) in [5, 5.41) is 3.74. The van der Waals surface area contributed by atoms with Gasteiger partial charge in [0.25, 0.3) is 0 Å². The number of nitrogens with zero attached hydrogens (tertiary/aromatic N) is 1. The molecule has 0 aliphatic rings. The van der Waals surface area contributed by atoms with Crippen molar-refractivity contribution in [3.63, 3.8) is 0 Å². The molecule has 8 heteroatoms. The van der Waals surface area contributed by atoms with Gasteiger partial charge in [-0.25, -0.2) is 0 Å². The maximum atomic E-state index is 13.1. The molecule has 2 amide bonds. The topological polar surface area (TPSA) is 58.6 Å². The number of thioether (sulfide) groups is 1. The number of carbonyl (C=O) groups is 2. The van der Waals surface area contributed by atoms with E-state index < -0.39 is 6.04 Å². The van der Waals surface area contributed by atoms with Gasteiger partial charge in [0.05, 0.1) is 22.9 Å². The van der Waals surface area contributed by atoms with Gasteiger partial charge in [0.15, 0.2) is 0 Å². The third kappa shape index (κ3) is 7.95. The summed E-state index contributed by atoms with van der Waals surface area (Å²) in [7, 11) is 1.63. The molecule has 0 spiro atoms. The fourth-order valence-corrected chi connectivity index (χ4v) is 4.07. The van der Waals surface area contributed by atoms with Crippen LogP contribution in [-0.2, 0) is 21.9 Å². The van der Waals surface area contributed by atoms with Crippen LogP contribution in [0.2, 0.25) is 10.0 Å². The summed E-state index contributed by atoms with van der Waals surface area (Å²) in [4.78, 5) is 27.2. The Morgan fingerprint density at radius 2 is 1.77 bits per heavy atom. The molecule has 0 aromatic heterocycles. The molecule has 0 fully saturated rings. The Morgan fingerprint density at radius 3 is 2.39 bits per heavy atom. The molecule has 31 heavy (non-hydrogen) atoms. The molecule has 2 rings (SSSR count). The van der Waals surface area contributed by atoms with E-state index in [2.05, 4.69) is 5.32 Å². The van der Waals surface area contributed by atoms with Crippen molar-refractivity contribution in [1.29, 1.82) is 0 Å². The van der Waals surface area contributed by atoms with Crippen molar-refractivity contribution in [2.24, 2.45) is 0 Å². The zero-order chi connectivity index (χ0) is 22.8. The molecule has 0 aliphatic carbocycles. The van der Waals surface area contributed by atoms with Gasteiger partial charge in [-0.05, 0) is 48.7 Å². The number of benzene rings is 2. The fraction of sp³-hybridized carbons (Fsp3) is 0.391. The molecule has 0 saturated heterocycles. The zero-order valence-electron chi connectivity index (χ0n) is 18.0. The van der Waals surface area contributed by atoms with Gasteiger partial charge in [0, 0.05) is 18.8 Å². The normalized spacial score (nSPS) is 11.6. The van der Waals surface area contributed by atoms with E-state index >= 15 is 0 Å². The Hall–Kier alpha value is -1.89. The summed E-state index contributed by atoms with van der Waals surface area (Å²) in [6, 6.07) is 12.4. The summed E-state index contributed by atoms with van der Waals surface area (Å²) >= 11 is 13.6. The Morgan fingerprint density at radius 1 is 1.10 bits per heavy atom. The van der Waals surface area contributed by atoms with Gasteiger partial charge in [-0.1, -0.05) is 48.3 Å². The molecule has 1 atom stereocenters. The number of rotatable bonds is 11. The van der Waals surface area contributed by atoms with E-state index in [1.807, 2.05) is 37.3 Å². The summed E-state index contributed by atoms with van der Waals surface area (Å²) < 4.78 is 5.17. The second-order valence-electron chi connectivity index (χ2n) is 7.08. The lowest BCUT2D eigenvalue weighted by atomic mass is 10.1. The van der Waals surface area contributed by atoms with Crippen LogP contribution in [-0.4, -0.2) is 42.2 Å². The highest BCUT2D eigenvalue weighted by Gasteiger charge is 2.26. The first-order valence-electron chi connectivity index (χ1n) is 10.1. The maximum absolute atomic E-state index is 13.1. The monoisotopic (exact) mass is 482 g/mol. The molecule has 0 heterocycles. The minimum atomic E-state index is -0.602. The van der Waals surface area contributed by atoms with Crippen LogP contribution in [0.15, 0.2) is 42.5 Å². The van der Waals surface area contributed by atoms with E-state index in [4.69, 9.17) is 27.9 Å². The minimum absolute atomic E-state index is 0.108. The lowest BCUT2D eigenvalue weighted by Gasteiger charge is -2.29. The molecule has 2 aromatic rings. The minimum Gasteiger partial charge on any atom is -0.497 e. The molecule has 0 radical (unpaired) electrons. The zero-order valence-corrected chi connectivity index (χ0v) is 20.3. The van der Waals surface area contributed by atoms with Crippen LogP contribution in [0.4, 0.5) is 0 Å². The van der Waals surface area contributed by atoms with Gasteiger partial charge in [-0.3, -0.25) is 9.59 Å². The molecule has 0 saturated carbocycles. The Kier molecular flexibility index (Phi) is 10.5. The molecular formula is C23H28Cl2N2O3S. The fourth-order valence-electron chi connectivity index (χ4n) is 2.87.